The second-order valence-electron chi connectivity index (χ2n) is 4.78. The molecule has 7 heteroatoms. The monoisotopic (exact) mass is 305 g/mol. The lowest BCUT2D eigenvalue weighted by atomic mass is 10.0. The Bertz CT molecular complexity index is 481. The van der Waals surface area contributed by atoms with E-state index in [1.807, 2.05) is 0 Å². The summed E-state index contributed by atoms with van der Waals surface area (Å²) in [5.74, 6) is 0.913. The van der Waals surface area contributed by atoms with Gasteiger partial charge in [-0.1, -0.05) is 0 Å². The number of carbonyl (C=O) groups is 1. The SMILES string of the molecule is O=C(NCC1(O)CCSC1)c1ccc(C(F)(F)F)cc1. The van der Waals surface area contributed by atoms with Gasteiger partial charge in [-0.2, -0.15) is 24.9 Å². The summed E-state index contributed by atoms with van der Waals surface area (Å²) in [5.41, 5.74) is -1.56. The molecular weight excluding hydrogens is 291 g/mol. The highest BCUT2D eigenvalue weighted by Crippen LogP contribution is 2.29. The van der Waals surface area contributed by atoms with E-state index in [4.69, 9.17) is 0 Å². The van der Waals surface area contributed by atoms with E-state index in [1.54, 1.807) is 11.8 Å². The molecule has 110 valence electrons. The van der Waals surface area contributed by atoms with Crippen LogP contribution in [-0.4, -0.2) is 34.7 Å². The van der Waals surface area contributed by atoms with Crippen LogP contribution < -0.4 is 5.32 Å². The molecule has 1 fully saturated rings. The van der Waals surface area contributed by atoms with E-state index >= 15 is 0 Å². The number of aliphatic hydroxyl groups is 1. The number of hydrogen-bond acceptors (Lipinski definition) is 3. The number of hydrogen-bond donors (Lipinski definition) is 2. The summed E-state index contributed by atoms with van der Waals surface area (Å²) in [6.45, 7) is 0.111. The van der Waals surface area contributed by atoms with Crippen molar-refractivity contribution in [3.8, 4) is 0 Å². The third-order valence-electron chi connectivity index (χ3n) is 3.13. The highest BCUT2D eigenvalue weighted by Gasteiger charge is 2.32. The molecule has 1 aliphatic heterocycles. The van der Waals surface area contributed by atoms with Crippen molar-refractivity contribution in [3.63, 3.8) is 0 Å². The van der Waals surface area contributed by atoms with Gasteiger partial charge in [0.05, 0.1) is 11.2 Å². The third kappa shape index (κ3) is 3.67. The summed E-state index contributed by atoms with van der Waals surface area (Å²) in [7, 11) is 0. The van der Waals surface area contributed by atoms with Gasteiger partial charge in [0, 0.05) is 17.9 Å². The summed E-state index contributed by atoms with van der Waals surface area (Å²) in [6, 6.07) is 4.00. The third-order valence-corrected chi connectivity index (χ3v) is 4.37. The second-order valence-corrected chi connectivity index (χ2v) is 5.89. The highest BCUT2D eigenvalue weighted by molar-refractivity contribution is 7.99. The minimum absolute atomic E-state index is 0.111. The number of benzene rings is 1. The predicted octanol–water partition coefficient (Wildman–Crippen LogP) is 2.30. The Balaban J connectivity index is 1.96. The quantitative estimate of drug-likeness (QED) is 0.901. The van der Waals surface area contributed by atoms with Gasteiger partial charge in [0.2, 0.25) is 0 Å². The lowest BCUT2D eigenvalue weighted by Crippen LogP contribution is -2.42. The molecular formula is C13H14F3NO2S. The number of halogens is 3. The van der Waals surface area contributed by atoms with Crippen LogP contribution >= 0.6 is 11.8 Å². The largest absolute Gasteiger partial charge is 0.416 e. The molecule has 1 amide bonds. The van der Waals surface area contributed by atoms with E-state index < -0.39 is 23.2 Å². The van der Waals surface area contributed by atoms with Gasteiger partial charge in [-0.25, -0.2) is 0 Å². The Hall–Kier alpha value is -1.21. The van der Waals surface area contributed by atoms with Crippen LogP contribution in [0.4, 0.5) is 13.2 Å². The molecule has 3 nitrogen and oxygen atoms in total. The van der Waals surface area contributed by atoms with Crippen molar-refractivity contribution in [2.24, 2.45) is 0 Å². The molecule has 1 heterocycles. The normalized spacial score (nSPS) is 22.8. The summed E-state index contributed by atoms with van der Waals surface area (Å²) < 4.78 is 37.2. The van der Waals surface area contributed by atoms with Gasteiger partial charge >= 0.3 is 6.18 Å². The number of nitrogens with one attached hydrogen (secondary N) is 1. The number of carbonyl (C=O) groups excluding carboxylic acids is 1. The van der Waals surface area contributed by atoms with E-state index in [1.165, 1.54) is 0 Å². The number of alkyl halides is 3. The summed E-state index contributed by atoms with van der Waals surface area (Å²) in [4.78, 5) is 11.8. The standard InChI is InChI=1S/C13H14F3NO2S/c14-13(15,16)10-3-1-9(2-4-10)11(18)17-7-12(19)5-6-20-8-12/h1-4,19H,5-8H2,(H,17,18). The predicted molar refractivity (Wildman–Crippen MR) is 70.7 cm³/mol. The Morgan fingerprint density at radius 2 is 2.00 bits per heavy atom. The van der Waals surface area contributed by atoms with Crippen LogP contribution in [0.1, 0.15) is 22.3 Å². The van der Waals surface area contributed by atoms with Crippen molar-refractivity contribution in [1.29, 1.82) is 0 Å². The van der Waals surface area contributed by atoms with Crippen molar-refractivity contribution in [3.05, 3.63) is 35.4 Å². The van der Waals surface area contributed by atoms with Crippen molar-refractivity contribution >= 4 is 17.7 Å². The number of thioether (sulfide) groups is 1. The number of rotatable bonds is 3. The zero-order chi connectivity index (χ0) is 14.8. The van der Waals surface area contributed by atoms with E-state index in [0.717, 1.165) is 30.0 Å². The molecule has 1 aromatic carbocycles. The first-order valence-electron chi connectivity index (χ1n) is 6.06. The molecule has 1 unspecified atom stereocenters. The molecule has 0 aromatic heterocycles. The minimum atomic E-state index is -4.41. The van der Waals surface area contributed by atoms with Gasteiger partial charge in [-0.15, -0.1) is 0 Å². The van der Waals surface area contributed by atoms with Gasteiger partial charge in [0.25, 0.3) is 5.91 Å². The maximum Gasteiger partial charge on any atom is 0.416 e. The summed E-state index contributed by atoms with van der Waals surface area (Å²) in [5, 5.41) is 12.6. The molecule has 0 spiro atoms. The molecule has 0 radical (unpaired) electrons. The fraction of sp³-hybridized carbons (Fsp3) is 0.462. The van der Waals surface area contributed by atoms with Crippen LogP contribution in [0.3, 0.4) is 0 Å². The molecule has 1 saturated heterocycles. The molecule has 2 rings (SSSR count). The Morgan fingerprint density at radius 1 is 1.35 bits per heavy atom. The first kappa shape index (κ1) is 15.2. The van der Waals surface area contributed by atoms with E-state index in [2.05, 4.69) is 5.32 Å². The van der Waals surface area contributed by atoms with Crippen molar-refractivity contribution in [2.45, 2.75) is 18.2 Å². The Morgan fingerprint density at radius 3 is 2.50 bits per heavy atom. The van der Waals surface area contributed by atoms with Crippen LogP contribution in [0.2, 0.25) is 0 Å². The highest BCUT2D eigenvalue weighted by atomic mass is 32.2. The second kappa shape index (κ2) is 5.65. The van der Waals surface area contributed by atoms with E-state index in [0.29, 0.717) is 12.2 Å². The smallest absolute Gasteiger partial charge is 0.387 e. The number of amides is 1. The van der Waals surface area contributed by atoms with Crippen LogP contribution in [-0.2, 0) is 6.18 Å². The molecule has 1 aromatic rings. The average molecular weight is 305 g/mol. The minimum Gasteiger partial charge on any atom is -0.387 e. The van der Waals surface area contributed by atoms with Crippen LogP contribution in [0.5, 0.6) is 0 Å². The fourth-order valence-electron chi connectivity index (χ4n) is 1.89. The van der Waals surface area contributed by atoms with Crippen molar-refractivity contribution in [1.82, 2.24) is 5.32 Å². The zero-order valence-corrected chi connectivity index (χ0v) is 11.4. The van der Waals surface area contributed by atoms with Crippen LogP contribution in [0.15, 0.2) is 24.3 Å². The molecule has 0 saturated carbocycles. The topological polar surface area (TPSA) is 49.3 Å². The molecule has 2 N–H and O–H groups in total. The molecule has 1 atom stereocenters. The van der Waals surface area contributed by atoms with Gasteiger partial charge in [0.1, 0.15) is 0 Å². The van der Waals surface area contributed by atoms with Crippen molar-refractivity contribution in [2.75, 3.05) is 18.1 Å². The molecule has 0 bridgehead atoms. The summed E-state index contributed by atoms with van der Waals surface area (Å²) in [6.07, 6.45) is -3.81. The fourth-order valence-corrected chi connectivity index (χ4v) is 3.19. The van der Waals surface area contributed by atoms with E-state index in [-0.39, 0.29) is 12.1 Å². The van der Waals surface area contributed by atoms with Gasteiger partial charge in [0.15, 0.2) is 0 Å². The van der Waals surface area contributed by atoms with E-state index in [9.17, 15) is 23.1 Å². The first-order chi connectivity index (χ1) is 9.30. The maximum absolute atomic E-state index is 12.4. The summed E-state index contributed by atoms with van der Waals surface area (Å²) >= 11 is 1.61. The maximum atomic E-state index is 12.4. The Kier molecular flexibility index (Phi) is 4.29. The van der Waals surface area contributed by atoms with Crippen molar-refractivity contribution < 1.29 is 23.1 Å². The zero-order valence-electron chi connectivity index (χ0n) is 10.5. The van der Waals surface area contributed by atoms with Crippen LogP contribution in [0, 0.1) is 0 Å². The Labute approximate surface area is 118 Å². The lowest BCUT2D eigenvalue weighted by molar-refractivity contribution is -0.137. The van der Waals surface area contributed by atoms with Gasteiger partial charge in [-0.3, -0.25) is 4.79 Å². The van der Waals surface area contributed by atoms with Gasteiger partial charge in [-0.05, 0) is 36.4 Å². The molecule has 1 aliphatic rings. The molecule has 20 heavy (non-hydrogen) atoms. The van der Waals surface area contributed by atoms with Crippen LogP contribution in [0.25, 0.3) is 0 Å². The first-order valence-corrected chi connectivity index (χ1v) is 7.21. The average Bonchev–Trinajstić information content (AvgIpc) is 2.83. The molecule has 0 aliphatic carbocycles. The van der Waals surface area contributed by atoms with Gasteiger partial charge < -0.3 is 10.4 Å². The lowest BCUT2D eigenvalue weighted by Gasteiger charge is -2.21.